The minimum atomic E-state index is -0.161. The van der Waals surface area contributed by atoms with Gasteiger partial charge in [0.25, 0.3) is 0 Å². The molecule has 1 N–H and O–H groups in total. The van der Waals surface area contributed by atoms with Crippen LogP contribution in [0.2, 0.25) is 0 Å². The topological polar surface area (TPSA) is 58.2 Å². The number of H-pyrrole nitrogens is 1. The third-order valence-corrected chi connectivity index (χ3v) is 4.88. The van der Waals surface area contributed by atoms with Crippen molar-refractivity contribution in [1.29, 1.82) is 0 Å². The SMILES string of the molecule is Cc1cc([C@H]2CCCN(C(=O)[C@H]3COc4ccccc43)C2)n[nH]1. The van der Waals surface area contributed by atoms with Gasteiger partial charge in [-0.15, -0.1) is 0 Å². The van der Waals surface area contributed by atoms with Crippen LogP contribution >= 0.6 is 0 Å². The average Bonchev–Trinajstić information content (AvgIpc) is 3.20. The number of piperidine rings is 1. The van der Waals surface area contributed by atoms with Crippen LogP contribution in [0, 0.1) is 6.92 Å². The summed E-state index contributed by atoms with van der Waals surface area (Å²) in [6, 6.07) is 9.95. The molecule has 0 saturated carbocycles. The van der Waals surface area contributed by atoms with E-state index in [9.17, 15) is 4.79 Å². The number of aromatic nitrogens is 2. The lowest BCUT2D eigenvalue weighted by molar-refractivity contribution is -0.134. The summed E-state index contributed by atoms with van der Waals surface area (Å²) >= 11 is 0. The van der Waals surface area contributed by atoms with Crippen molar-refractivity contribution in [3.63, 3.8) is 0 Å². The number of aromatic amines is 1. The Kier molecular flexibility index (Phi) is 3.56. The third kappa shape index (κ3) is 2.60. The Bertz CT molecular complexity index is 725. The van der Waals surface area contributed by atoms with Crippen molar-refractivity contribution in [2.75, 3.05) is 19.7 Å². The predicted octanol–water partition coefficient (Wildman–Crippen LogP) is 2.60. The number of hydrogen-bond acceptors (Lipinski definition) is 3. The Morgan fingerprint density at radius 2 is 2.26 bits per heavy atom. The van der Waals surface area contributed by atoms with Crippen LogP contribution in [0.4, 0.5) is 0 Å². The van der Waals surface area contributed by atoms with Crippen molar-refractivity contribution in [1.82, 2.24) is 15.1 Å². The van der Waals surface area contributed by atoms with E-state index in [4.69, 9.17) is 4.74 Å². The van der Waals surface area contributed by atoms with Gasteiger partial charge in [0.05, 0.1) is 5.69 Å². The van der Waals surface area contributed by atoms with E-state index in [1.54, 1.807) is 0 Å². The fourth-order valence-corrected chi connectivity index (χ4v) is 3.65. The maximum absolute atomic E-state index is 13.0. The fraction of sp³-hybridized carbons (Fsp3) is 0.444. The van der Waals surface area contributed by atoms with Crippen LogP contribution in [0.1, 0.15) is 41.6 Å². The van der Waals surface area contributed by atoms with Gasteiger partial charge in [0.2, 0.25) is 5.91 Å². The van der Waals surface area contributed by atoms with Gasteiger partial charge in [0.1, 0.15) is 18.3 Å². The zero-order chi connectivity index (χ0) is 15.8. The third-order valence-electron chi connectivity index (χ3n) is 4.88. The molecule has 1 amide bonds. The Morgan fingerprint density at radius 3 is 3.09 bits per heavy atom. The maximum atomic E-state index is 13.0. The molecule has 5 heteroatoms. The lowest BCUT2D eigenvalue weighted by atomic mass is 9.92. The number of carbonyl (C=O) groups excluding carboxylic acids is 1. The van der Waals surface area contributed by atoms with Gasteiger partial charge in [-0.2, -0.15) is 5.10 Å². The Labute approximate surface area is 135 Å². The smallest absolute Gasteiger partial charge is 0.233 e. The van der Waals surface area contributed by atoms with Crippen molar-refractivity contribution in [3.05, 3.63) is 47.3 Å². The predicted molar refractivity (Wildman–Crippen MR) is 86.6 cm³/mol. The number of amides is 1. The molecule has 1 aromatic carbocycles. The number of nitrogens with zero attached hydrogens (tertiary/aromatic N) is 2. The van der Waals surface area contributed by atoms with Gasteiger partial charge in [-0.1, -0.05) is 18.2 Å². The summed E-state index contributed by atoms with van der Waals surface area (Å²) in [5.74, 6) is 1.20. The summed E-state index contributed by atoms with van der Waals surface area (Å²) in [4.78, 5) is 15.0. The highest BCUT2D eigenvalue weighted by molar-refractivity contribution is 5.85. The first-order valence-electron chi connectivity index (χ1n) is 8.25. The van der Waals surface area contributed by atoms with Crippen LogP contribution in [-0.2, 0) is 4.79 Å². The highest BCUT2D eigenvalue weighted by Crippen LogP contribution is 2.36. The van der Waals surface area contributed by atoms with E-state index >= 15 is 0 Å². The summed E-state index contributed by atoms with van der Waals surface area (Å²) in [5, 5.41) is 7.38. The molecule has 120 valence electrons. The van der Waals surface area contributed by atoms with Crippen LogP contribution in [0.5, 0.6) is 5.75 Å². The van der Waals surface area contributed by atoms with Crippen LogP contribution in [-0.4, -0.2) is 40.7 Å². The minimum absolute atomic E-state index is 0.161. The number of nitrogens with one attached hydrogen (secondary N) is 1. The highest BCUT2D eigenvalue weighted by atomic mass is 16.5. The first kappa shape index (κ1) is 14.3. The molecule has 0 spiro atoms. The second-order valence-corrected chi connectivity index (χ2v) is 6.50. The van der Waals surface area contributed by atoms with Crippen molar-refractivity contribution in [3.8, 4) is 5.75 Å². The summed E-state index contributed by atoms with van der Waals surface area (Å²) in [5.41, 5.74) is 3.17. The number of fused-ring (bicyclic) bond motifs is 1. The zero-order valence-electron chi connectivity index (χ0n) is 13.3. The molecule has 1 saturated heterocycles. The van der Waals surface area contributed by atoms with Crippen LogP contribution in [0.3, 0.4) is 0 Å². The molecular formula is C18H21N3O2. The Balaban J connectivity index is 1.51. The van der Waals surface area contributed by atoms with E-state index in [1.807, 2.05) is 36.1 Å². The molecule has 1 fully saturated rings. The van der Waals surface area contributed by atoms with Gasteiger partial charge >= 0.3 is 0 Å². The van der Waals surface area contributed by atoms with Gasteiger partial charge in [0.15, 0.2) is 0 Å². The summed E-state index contributed by atoms with van der Waals surface area (Å²) in [7, 11) is 0. The molecule has 1 aromatic heterocycles. The van der Waals surface area contributed by atoms with Crippen LogP contribution in [0.15, 0.2) is 30.3 Å². The first-order chi connectivity index (χ1) is 11.2. The number of aryl methyl sites for hydroxylation is 1. The molecule has 2 aliphatic rings. The first-order valence-corrected chi connectivity index (χ1v) is 8.25. The van der Waals surface area contributed by atoms with Crippen molar-refractivity contribution >= 4 is 5.91 Å². The van der Waals surface area contributed by atoms with Gasteiger partial charge in [-0.25, -0.2) is 0 Å². The lowest BCUT2D eigenvalue weighted by Gasteiger charge is -2.33. The normalized spacial score (nSPS) is 23.4. The average molecular weight is 311 g/mol. The summed E-state index contributed by atoms with van der Waals surface area (Å²) < 4.78 is 5.67. The number of hydrogen-bond donors (Lipinski definition) is 1. The minimum Gasteiger partial charge on any atom is -0.492 e. The van der Waals surface area contributed by atoms with E-state index in [0.717, 1.165) is 48.6 Å². The molecule has 2 aromatic rings. The number of ether oxygens (including phenoxy) is 1. The molecule has 0 aliphatic carbocycles. The quantitative estimate of drug-likeness (QED) is 0.927. The highest BCUT2D eigenvalue weighted by Gasteiger charge is 2.35. The van der Waals surface area contributed by atoms with Gasteiger partial charge in [0, 0.05) is 30.3 Å². The monoisotopic (exact) mass is 311 g/mol. The number of para-hydroxylation sites is 1. The number of rotatable bonds is 2. The lowest BCUT2D eigenvalue weighted by Crippen LogP contribution is -2.42. The Morgan fingerprint density at radius 1 is 1.39 bits per heavy atom. The number of likely N-dealkylation sites (tertiary alicyclic amines) is 1. The molecule has 0 unspecified atom stereocenters. The van der Waals surface area contributed by atoms with Crippen LogP contribution < -0.4 is 4.74 Å². The summed E-state index contributed by atoms with van der Waals surface area (Å²) in [6.07, 6.45) is 2.11. The maximum Gasteiger partial charge on any atom is 0.233 e. The number of benzene rings is 1. The molecule has 4 rings (SSSR count). The van der Waals surface area contributed by atoms with Crippen molar-refractivity contribution in [2.45, 2.75) is 31.6 Å². The van der Waals surface area contributed by atoms with Gasteiger partial charge < -0.3 is 9.64 Å². The molecule has 2 atom stereocenters. The Hall–Kier alpha value is -2.30. The molecule has 2 aliphatic heterocycles. The fourth-order valence-electron chi connectivity index (χ4n) is 3.65. The van der Waals surface area contributed by atoms with Gasteiger partial charge in [-0.3, -0.25) is 9.89 Å². The van der Waals surface area contributed by atoms with E-state index in [2.05, 4.69) is 16.3 Å². The molecule has 23 heavy (non-hydrogen) atoms. The molecule has 0 radical (unpaired) electrons. The molecular weight excluding hydrogens is 290 g/mol. The summed E-state index contributed by atoms with van der Waals surface area (Å²) in [6.45, 7) is 4.05. The molecule has 0 bridgehead atoms. The standard InChI is InChI=1S/C18H21N3O2/c1-12-9-16(20-19-12)13-5-4-8-21(10-13)18(22)15-11-23-17-7-3-2-6-14(15)17/h2-3,6-7,9,13,15H,4-5,8,10-11H2,1H3,(H,19,20)/t13-,15-/m0/s1. The van der Waals surface area contributed by atoms with Crippen LogP contribution in [0.25, 0.3) is 0 Å². The largest absolute Gasteiger partial charge is 0.492 e. The zero-order valence-corrected chi connectivity index (χ0v) is 13.3. The van der Waals surface area contributed by atoms with Crippen molar-refractivity contribution < 1.29 is 9.53 Å². The van der Waals surface area contributed by atoms with E-state index in [1.165, 1.54) is 0 Å². The second-order valence-electron chi connectivity index (χ2n) is 6.50. The van der Waals surface area contributed by atoms with E-state index < -0.39 is 0 Å². The van der Waals surface area contributed by atoms with Crippen molar-refractivity contribution in [2.24, 2.45) is 0 Å². The van der Waals surface area contributed by atoms with E-state index in [-0.39, 0.29) is 11.8 Å². The van der Waals surface area contributed by atoms with Gasteiger partial charge in [-0.05, 0) is 31.9 Å². The van der Waals surface area contributed by atoms with E-state index in [0.29, 0.717) is 12.5 Å². The second kappa shape index (κ2) is 5.72. The molecule has 3 heterocycles. The molecule has 5 nitrogen and oxygen atoms in total. The number of carbonyl (C=O) groups is 1.